The van der Waals surface area contributed by atoms with Gasteiger partial charge in [-0.3, -0.25) is 4.68 Å². The summed E-state index contributed by atoms with van der Waals surface area (Å²) in [6, 6.07) is 5.76. The van der Waals surface area contributed by atoms with Gasteiger partial charge >= 0.3 is 0 Å². The number of thiophene rings is 1. The number of rotatable bonds is 1. The molecule has 0 spiro atoms. The van der Waals surface area contributed by atoms with Gasteiger partial charge in [0.1, 0.15) is 6.07 Å². The van der Waals surface area contributed by atoms with Crippen LogP contribution in [-0.4, -0.2) is 9.78 Å². The molecular weight excluding hydrogens is 298 g/mol. The van der Waals surface area contributed by atoms with Gasteiger partial charge in [0.2, 0.25) is 0 Å². The van der Waals surface area contributed by atoms with Gasteiger partial charge in [-0.05, 0) is 28.1 Å². The fourth-order valence-electron chi connectivity index (χ4n) is 1.28. The maximum atomic E-state index is 8.83. The van der Waals surface area contributed by atoms with Crippen LogP contribution in [-0.2, 0) is 7.05 Å². The zero-order valence-electron chi connectivity index (χ0n) is 7.66. The molecule has 0 aromatic carbocycles. The predicted octanol–water partition coefficient (Wildman–Crippen LogP) is 3.44. The molecule has 15 heavy (non-hydrogen) atoms. The molecule has 0 aliphatic rings. The monoisotopic (exact) mass is 301 g/mol. The first kappa shape index (κ1) is 10.7. The molecule has 2 aromatic rings. The van der Waals surface area contributed by atoms with E-state index in [1.165, 1.54) is 11.3 Å². The molecular formula is C9H5BrClN3S. The number of nitriles is 1. The van der Waals surface area contributed by atoms with Crippen molar-refractivity contribution in [3.05, 3.63) is 26.6 Å². The number of aromatic nitrogens is 2. The summed E-state index contributed by atoms with van der Waals surface area (Å²) in [6.45, 7) is 0. The molecule has 0 aliphatic carbocycles. The van der Waals surface area contributed by atoms with E-state index in [2.05, 4.69) is 21.0 Å². The first-order valence-corrected chi connectivity index (χ1v) is 6.00. The van der Waals surface area contributed by atoms with Gasteiger partial charge in [0.25, 0.3) is 0 Å². The Morgan fingerprint density at radius 2 is 2.33 bits per heavy atom. The summed E-state index contributed by atoms with van der Waals surface area (Å²) in [5, 5.41) is 12.9. The molecule has 0 atom stereocenters. The quantitative estimate of drug-likeness (QED) is 0.810. The summed E-state index contributed by atoms with van der Waals surface area (Å²) in [5.41, 5.74) is 1.26. The lowest BCUT2D eigenvalue weighted by molar-refractivity contribution is 0.772. The van der Waals surface area contributed by atoms with Crippen molar-refractivity contribution in [2.45, 2.75) is 0 Å². The first-order valence-electron chi connectivity index (χ1n) is 4.01. The minimum absolute atomic E-state index is 0.386. The van der Waals surface area contributed by atoms with Crippen LogP contribution in [0.1, 0.15) is 5.69 Å². The average molecular weight is 303 g/mol. The van der Waals surface area contributed by atoms with Crippen LogP contribution in [0.3, 0.4) is 0 Å². The Bertz CT molecular complexity index is 552. The standard InChI is InChI=1S/C9H5BrClN3S/c1-14-9(6-2-3-7(11)15-6)8(10)5(4-12)13-14/h2-3H,1H3. The van der Waals surface area contributed by atoms with Crippen LogP contribution in [0.25, 0.3) is 10.6 Å². The van der Waals surface area contributed by atoms with Crippen LogP contribution >= 0.6 is 38.9 Å². The third-order valence-electron chi connectivity index (χ3n) is 1.90. The van der Waals surface area contributed by atoms with Crippen molar-refractivity contribution in [3.63, 3.8) is 0 Å². The van der Waals surface area contributed by atoms with Crippen molar-refractivity contribution in [3.8, 4) is 16.6 Å². The molecule has 2 aromatic heterocycles. The van der Waals surface area contributed by atoms with Crippen molar-refractivity contribution in [2.75, 3.05) is 0 Å². The van der Waals surface area contributed by atoms with E-state index in [0.29, 0.717) is 10.2 Å². The second-order valence-electron chi connectivity index (χ2n) is 2.85. The minimum atomic E-state index is 0.386. The number of hydrogen-bond donors (Lipinski definition) is 0. The normalized spacial score (nSPS) is 10.3. The summed E-state index contributed by atoms with van der Waals surface area (Å²) >= 11 is 10.7. The van der Waals surface area contributed by atoms with Crippen molar-refractivity contribution >= 4 is 38.9 Å². The molecule has 3 nitrogen and oxygen atoms in total. The predicted molar refractivity (Wildman–Crippen MR) is 63.9 cm³/mol. The van der Waals surface area contributed by atoms with E-state index in [-0.39, 0.29) is 0 Å². The minimum Gasteiger partial charge on any atom is -0.265 e. The molecule has 0 bridgehead atoms. The Morgan fingerprint density at radius 1 is 1.60 bits per heavy atom. The third-order valence-corrected chi connectivity index (χ3v) is 3.89. The lowest BCUT2D eigenvalue weighted by Gasteiger charge is -1.97. The van der Waals surface area contributed by atoms with Crippen molar-refractivity contribution in [1.29, 1.82) is 5.26 Å². The average Bonchev–Trinajstić information content (AvgIpc) is 2.71. The Kier molecular flexibility index (Phi) is 2.83. The SMILES string of the molecule is Cn1nc(C#N)c(Br)c1-c1ccc(Cl)s1. The van der Waals surface area contributed by atoms with E-state index in [9.17, 15) is 0 Å². The zero-order chi connectivity index (χ0) is 11.0. The number of hydrogen-bond acceptors (Lipinski definition) is 3. The highest BCUT2D eigenvalue weighted by Gasteiger charge is 2.16. The van der Waals surface area contributed by atoms with Crippen LogP contribution in [0.4, 0.5) is 0 Å². The van der Waals surface area contributed by atoms with Crippen molar-refractivity contribution < 1.29 is 0 Å². The van der Waals surface area contributed by atoms with Gasteiger partial charge in [0.05, 0.1) is 19.4 Å². The number of nitrogens with zero attached hydrogens (tertiary/aromatic N) is 3. The van der Waals surface area contributed by atoms with Gasteiger partial charge in [0, 0.05) is 7.05 Å². The summed E-state index contributed by atoms with van der Waals surface area (Å²) in [5.74, 6) is 0. The Morgan fingerprint density at radius 3 is 2.80 bits per heavy atom. The van der Waals surface area contributed by atoms with E-state index in [1.54, 1.807) is 11.7 Å². The number of halogens is 2. The zero-order valence-corrected chi connectivity index (χ0v) is 10.8. The summed E-state index contributed by atoms with van der Waals surface area (Å²) in [4.78, 5) is 0.989. The summed E-state index contributed by atoms with van der Waals surface area (Å²) < 4.78 is 3.10. The van der Waals surface area contributed by atoms with E-state index < -0.39 is 0 Å². The number of aryl methyl sites for hydroxylation is 1. The molecule has 0 amide bonds. The van der Waals surface area contributed by atoms with E-state index in [1.807, 2.05) is 18.2 Å². The van der Waals surface area contributed by atoms with Gasteiger partial charge in [0.15, 0.2) is 5.69 Å². The van der Waals surface area contributed by atoms with Crippen molar-refractivity contribution in [2.24, 2.45) is 7.05 Å². The highest BCUT2D eigenvalue weighted by Crippen LogP contribution is 2.36. The molecule has 0 N–H and O–H groups in total. The van der Waals surface area contributed by atoms with Crippen LogP contribution in [0, 0.1) is 11.3 Å². The second kappa shape index (κ2) is 3.97. The lowest BCUT2D eigenvalue weighted by atomic mass is 10.3. The molecule has 2 rings (SSSR count). The molecule has 0 unspecified atom stereocenters. The Labute approximate surface area is 104 Å². The molecule has 0 aliphatic heterocycles. The van der Waals surface area contributed by atoms with Crippen molar-refractivity contribution in [1.82, 2.24) is 9.78 Å². The van der Waals surface area contributed by atoms with Gasteiger partial charge in [-0.2, -0.15) is 10.4 Å². The summed E-state index contributed by atoms with van der Waals surface area (Å²) in [7, 11) is 1.80. The van der Waals surface area contributed by atoms with Crippen LogP contribution in [0.2, 0.25) is 4.34 Å². The fourth-order valence-corrected chi connectivity index (χ4v) is 3.17. The smallest absolute Gasteiger partial charge is 0.177 e. The molecule has 0 fully saturated rings. The first-order chi connectivity index (χ1) is 7.13. The maximum Gasteiger partial charge on any atom is 0.177 e. The van der Waals surface area contributed by atoms with Gasteiger partial charge in [-0.1, -0.05) is 11.6 Å². The highest BCUT2D eigenvalue weighted by atomic mass is 79.9. The van der Waals surface area contributed by atoms with Crippen LogP contribution < -0.4 is 0 Å². The van der Waals surface area contributed by atoms with E-state index in [0.717, 1.165) is 14.9 Å². The van der Waals surface area contributed by atoms with Gasteiger partial charge in [-0.25, -0.2) is 0 Å². The largest absolute Gasteiger partial charge is 0.265 e. The lowest BCUT2D eigenvalue weighted by Crippen LogP contribution is -1.92. The fraction of sp³-hybridized carbons (Fsp3) is 0.111. The Hall–Kier alpha value is -0.830. The highest BCUT2D eigenvalue weighted by molar-refractivity contribution is 9.10. The van der Waals surface area contributed by atoms with E-state index in [4.69, 9.17) is 16.9 Å². The molecule has 0 saturated heterocycles. The van der Waals surface area contributed by atoms with Crippen LogP contribution in [0.15, 0.2) is 16.6 Å². The van der Waals surface area contributed by atoms with E-state index >= 15 is 0 Å². The maximum absolute atomic E-state index is 8.83. The third kappa shape index (κ3) is 1.81. The van der Waals surface area contributed by atoms with Gasteiger partial charge < -0.3 is 0 Å². The van der Waals surface area contributed by atoms with Gasteiger partial charge in [-0.15, -0.1) is 11.3 Å². The molecule has 2 heterocycles. The second-order valence-corrected chi connectivity index (χ2v) is 5.36. The molecule has 76 valence electrons. The molecule has 6 heteroatoms. The van der Waals surface area contributed by atoms with Crippen LogP contribution in [0.5, 0.6) is 0 Å². The summed E-state index contributed by atoms with van der Waals surface area (Å²) in [6.07, 6.45) is 0. The molecule has 0 saturated carbocycles. The topological polar surface area (TPSA) is 41.6 Å². The molecule has 0 radical (unpaired) electrons. The Balaban J connectivity index is 2.63.